The molecule has 2 atom stereocenters. The third kappa shape index (κ3) is 6.87. The van der Waals surface area contributed by atoms with E-state index in [4.69, 9.17) is 5.73 Å². The topological polar surface area (TPSA) is 92.5 Å². The van der Waals surface area contributed by atoms with E-state index in [1.54, 1.807) is 24.3 Å². The monoisotopic (exact) mass is 403 g/mol. The van der Waals surface area contributed by atoms with Crippen LogP contribution in [0.5, 0.6) is 0 Å². The highest BCUT2D eigenvalue weighted by Gasteiger charge is 2.25. The summed E-state index contributed by atoms with van der Waals surface area (Å²) in [6.45, 7) is 5.52. The van der Waals surface area contributed by atoms with Crippen molar-refractivity contribution in [1.82, 2.24) is 9.62 Å². The summed E-state index contributed by atoms with van der Waals surface area (Å²) in [5, 5.41) is 0. The van der Waals surface area contributed by atoms with Crippen molar-refractivity contribution in [2.24, 2.45) is 11.7 Å². The molecule has 8 heteroatoms. The number of hydrogen-bond donors (Lipinski definition) is 2. The summed E-state index contributed by atoms with van der Waals surface area (Å²) in [5.41, 5.74) is 6.73. The molecule has 0 aromatic heterocycles. The van der Waals surface area contributed by atoms with E-state index in [2.05, 4.69) is 4.72 Å². The van der Waals surface area contributed by atoms with Gasteiger partial charge in [-0.25, -0.2) is 13.1 Å². The maximum atomic E-state index is 12.4. The van der Waals surface area contributed by atoms with Crippen molar-refractivity contribution in [2.45, 2.75) is 50.5 Å². The number of benzene rings is 1. The minimum absolute atomic E-state index is 0. The lowest BCUT2D eigenvalue weighted by Crippen LogP contribution is -2.43. The number of carbonyl (C=O) groups is 1. The molecule has 1 heterocycles. The van der Waals surface area contributed by atoms with Gasteiger partial charge in [-0.15, -0.1) is 12.4 Å². The molecule has 1 aromatic carbocycles. The average Bonchev–Trinajstić information content (AvgIpc) is 2.58. The Morgan fingerprint density at radius 3 is 2.62 bits per heavy atom. The van der Waals surface area contributed by atoms with Crippen LogP contribution >= 0.6 is 12.4 Å². The van der Waals surface area contributed by atoms with E-state index in [0.29, 0.717) is 25.9 Å². The van der Waals surface area contributed by atoms with Gasteiger partial charge in [0.2, 0.25) is 15.9 Å². The van der Waals surface area contributed by atoms with Gasteiger partial charge in [0.25, 0.3) is 0 Å². The number of aryl methyl sites for hydroxylation is 1. The zero-order chi connectivity index (χ0) is 18.4. The number of halogens is 1. The van der Waals surface area contributed by atoms with Crippen molar-refractivity contribution in [1.29, 1.82) is 0 Å². The predicted octanol–water partition coefficient (Wildman–Crippen LogP) is 2.06. The molecule has 1 fully saturated rings. The molecule has 0 radical (unpaired) electrons. The predicted molar refractivity (Wildman–Crippen MR) is 106 cm³/mol. The zero-order valence-corrected chi connectivity index (χ0v) is 17.1. The van der Waals surface area contributed by atoms with Gasteiger partial charge in [0.1, 0.15) is 0 Å². The summed E-state index contributed by atoms with van der Waals surface area (Å²) in [7, 11) is -3.51. The first-order valence-corrected chi connectivity index (χ1v) is 10.4. The molecule has 2 rings (SSSR count). The van der Waals surface area contributed by atoms with Crippen molar-refractivity contribution in [3.8, 4) is 0 Å². The second kappa shape index (κ2) is 10.3. The van der Waals surface area contributed by atoms with Crippen LogP contribution in [0.1, 0.15) is 38.2 Å². The molecule has 0 saturated carbocycles. The molecule has 1 amide bonds. The van der Waals surface area contributed by atoms with E-state index in [1.807, 2.05) is 18.7 Å². The molecule has 0 aliphatic carbocycles. The van der Waals surface area contributed by atoms with E-state index >= 15 is 0 Å². The van der Waals surface area contributed by atoms with Crippen molar-refractivity contribution in [3.05, 3.63) is 29.8 Å². The van der Waals surface area contributed by atoms with Gasteiger partial charge in [-0.1, -0.05) is 17.7 Å². The van der Waals surface area contributed by atoms with Gasteiger partial charge in [-0.2, -0.15) is 0 Å². The summed E-state index contributed by atoms with van der Waals surface area (Å²) in [5.74, 6) is 0.261. The van der Waals surface area contributed by atoms with E-state index in [0.717, 1.165) is 24.9 Å². The second-order valence-electron chi connectivity index (χ2n) is 7.03. The molecule has 6 nitrogen and oxygen atoms in total. The van der Waals surface area contributed by atoms with Crippen molar-refractivity contribution in [3.63, 3.8) is 0 Å². The van der Waals surface area contributed by atoms with Gasteiger partial charge < -0.3 is 10.6 Å². The van der Waals surface area contributed by atoms with Crippen molar-refractivity contribution in [2.75, 3.05) is 19.6 Å². The molecule has 0 spiro atoms. The third-order valence-corrected chi connectivity index (χ3v) is 6.02. The summed E-state index contributed by atoms with van der Waals surface area (Å²) in [6, 6.07) is 6.82. The number of nitrogens with two attached hydrogens (primary N) is 1. The van der Waals surface area contributed by atoms with Crippen LogP contribution < -0.4 is 10.5 Å². The van der Waals surface area contributed by atoms with Crippen molar-refractivity contribution >= 4 is 28.3 Å². The first-order chi connectivity index (χ1) is 11.8. The Labute approximate surface area is 163 Å². The Kier molecular flexibility index (Phi) is 9.03. The molecule has 148 valence electrons. The number of hydrogen-bond acceptors (Lipinski definition) is 4. The molecule has 1 aliphatic heterocycles. The smallest absolute Gasteiger partial charge is 0.240 e. The van der Waals surface area contributed by atoms with Crippen LogP contribution in [0.2, 0.25) is 0 Å². The Hall–Kier alpha value is -1.15. The van der Waals surface area contributed by atoms with Gasteiger partial charge in [-0.3, -0.25) is 4.79 Å². The number of nitrogens with one attached hydrogen (secondary N) is 1. The Bertz CT molecular complexity index is 677. The van der Waals surface area contributed by atoms with E-state index < -0.39 is 10.0 Å². The quantitative estimate of drug-likeness (QED) is 0.728. The molecule has 1 aromatic rings. The lowest BCUT2D eigenvalue weighted by atomic mass is 9.98. The maximum absolute atomic E-state index is 12.4. The molecular weight excluding hydrogens is 374 g/mol. The molecule has 0 bridgehead atoms. The fourth-order valence-electron chi connectivity index (χ4n) is 3.00. The highest BCUT2D eigenvalue weighted by atomic mass is 35.5. The number of sulfonamides is 1. The minimum Gasteiger partial charge on any atom is -0.342 e. The van der Waals surface area contributed by atoms with Gasteiger partial charge in [0.15, 0.2) is 0 Å². The number of nitrogens with zero attached hydrogens (tertiary/aromatic N) is 1. The Morgan fingerprint density at radius 1 is 1.35 bits per heavy atom. The number of rotatable bonds is 7. The van der Waals surface area contributed by atoms with Gasteiger partial charge >= 0.3 is 0 Å². The van der Waals surface area contributed by atoms with Crippen LogP contribution in [-0.2, 0) is 14.8 Å². The number of likely N-dealkylation sites (tertiary alicyclic amines) is 1. The SMILES string of the molecule is Cc1ccc(S(=O)(=O)NCC2CCCN(C(=O)CCC(C)N)C2)cc1.Cl. The largest absolute Gasteiger partial charge is 0.342 e. The van der Waals surface area contributed by atoms with E-state index in [-0.39, 0.29) is 35.2 Å². The third-order valence-electron chi connectivity index (χ3n) is 4.58. The first kappa shape index (κ1) is 22.9. The van der Waals surface area contributed by atoms with Gasteiger partial charge in [-0.05, 0) is 51.2 Å². The molecule has 3 N–H and O–H groups in total. The van der Waals surface area contributed by atoms with E-state index in [1.165, 1.54) is 0 Å². The lowest BCUT2D eigenvalue weighted by Gasteiger charge is -2.33. The number of piperidine rings is 1. The van der Waals surface area contributed by atoms with Crippen LogP contribution in [0.3, 0.4) is 0 Å². The molecule has 1 aliphatic rings. The summed E-state index contributed by atoms with van der Waals surface area (Å²) < 4.78 is 27.4. The maximum Gasteiger partial charge on any atom is 0.240 e. The summed E-state index contributed by atoms with van der Waals surface area (Å²) in [6.07, 6.45) is 2.97. The van der Waals surface area contributed by atoms with Crippen LogP contribution in [0.15, 0.2) is 29.2 Å². The highest BCUT2D eigenvalue weighted by molar-refractivity contribution is 7.89. The minimum atomic E-state index is -3.51. The Balaban J connectivity index is 0.00000338. The highest BCUT2D eigenvalue weighted by Crippen LogP contribution is 2.18. The van der Waals surface area contributed by atoms with Gasteiger partial charge in [0.05, 0.1) is 4.90 Å². The standard InChI is InChI=1S/C18H29N3O3S.ClH/c1-14-5-8-17(9-6-14)25(23,24)20-12-16-4-3-11-21(13-16)18(22)10-7-15(2)19;/h5-6,8-9,15-16,20H,3-4,7,10-13,19H2,1-2H3;1H. The van der Waals surface area contributed by atoms with Gasteiger partial charge in [0, 0.05) is 32.1 Å². The molecular formula is C18H30ClN3O3S. The second-order valence-corrected chi connectivity index (χ2v) is 8.80. The first-order valence-electron chi connectivity index (χ1n) is 8.87. The summed E-state index contributed by atoms with van der Waals surface area (Å²) >= 11 is 0. The van der Waals surface area contributed by atoms with Crippen LogP contribution in [-0.4, -0.2) is 44.9 Å². The molecule has 26 heavy (non-hydrogen) atoms. The number of amides is 1. The molecule has 2 unspecified atom stereocenters. The van der Waals surface area contributed by atoms with Crippen LogP contribution in [0, 0.1) is 12.8 Å². The van der Waals surface area contributed by atoms with Crippen LogP contribution in [0.25, 0.3) is 0 Å². The number of carbonyl (C=O) groups excluding carboxylic acids is 1. The van der Waals surface area contributed by atoms with Crippen LogP contribution in [0.4, 0.5) is 0 Å². The van der Waals surface area contributed by atoms with E-state index in [9.17, 15) is 13.2 Å². The average molecular weight is 404 g/mol. The normalized spacial score (nSPS) is 18.9. The lowest BCUT2D eigenvalue weighted by molar-refractivity contribution is -0.133. The Morgan fingerprint density at radius 2 is 2.00 bits per heavy atom. The molecule has 1 saturated heterocycles. The zero-order valence-electron chi connectivity index (χ0n) is 15.5. The van der Waals surface area contributed by atoms with Crippen molar-refractivity contribution < 1.29 is 13.2 Å². The fraction of sp³-hybridized carbons (Fsp3) is 0.611. The summed E-state index contributed by atoms with van der Waals surface area (Å²) in [4.78, 5) is 14.4. The fourth-order valence-corrected chi connectivity index (χ4v) is 4.11.